The van der Waals surface area contributed by atoms with Crippen molar-refractivity contribution in [3.8, 4) is 0 Å². The maximum absolute atomic E-state index is 11.8. The second-order valence-electron chi connectivity index (χ2n) is 5.36. The molecule has 2 amide bonds. The first-order valence-electron chi connectivity index (χ1n) is 7.52. The van der Waals surface area contributed by atoms with E-state index in [1.807, 2.05) is 13.8 Å². The molecule has 3 atom stereocenters. The first-order chi connectivity index (χ1) is 11.2. The van der Waals surface area contributed by atoms with Crippen LogP contribution < -0.4 is 21.9 Å². The van der Waals surface area contributed by atoms with E-state index in [2.05, 4.69) is 16.1 Å². The predicted octanol–water partition coefficient (Wildman–Crippen LogP) is -0.251. The number of rotatable bonds is 12. The molecule has 0 unspecified atom stereocenters. The van der Waals surface area contributed by atoms with E-state index in [1.54, 1.807) is 22.6 Å². The summed E-state index contributed by atoms with van der Waals surface area (Å²) in [6, 6.07) is -1.06. The van der Waals surface area contributed by atoms with Gasteiger partial charge in [0.15, 0.2) is 0 Å². The van der Waals surface area contributed by atoms with E-state index in [0.29, 0.717) is 5.75 Å². The Balaban J connectivity index is 4.15. The van der Waals surface area contributed by atoms with Crippen molar-refractivity contribution >= 4 is 55.7 Å². The number of hydrogen-bond acceptors (Lipinski definition) is 7. The lowest BCUT2D eigenvalue weighted by molar-refractivity contribution is -0.126. The molecule has 24 heavy (non-hydrogen) atoms. The van der Waals surface area contributed by atoms with Crippen molar-refractivity contribution < 1.29 is 19.2 Å². The first kappa shape index (κ1) is 23.3. The van der Waals surface area contributed by atoms with Crippen LogP contribution in [0.1, 0.15) is 27.2 Å². The van der Waals surface area contributed by atoms with Crippen molar-refractivity contribution in [2.75, 3.05) is 18.1 Å². The van der Waals surface area contributed by atoms with E-state index in [1.165, 1.54) is 18.7 Å². The zero-order valence-corrected chi connectivity index (χ0v) is 17.0. The molecular formula is C14H25IN4O4S. The number of hydrazine groups is 1. The first-order valence-corrected chi connectivity index (χ1v) is 9.75. The highest BCUT2D eigenvalue weighted by atomic mass is 127. The molecule has 0 aliphatic carbocycles. The molecule has 0 bridgehead atoms. The van der Waals surface area contributed by atoms with E-state index in [-0.39, 0.29) is 33.7 Å². The SMILES string of the molecule is CC[C@H](C)[C@H](NC(=O)CNC(=O)CSC[C@H](NN)C(C)=O)C(=O)I. The molecule has 0 heterocycles. The molecule has 0 spiro atoms. The second-order valence-corrected chi connectivity index (χ2v) is 7.45. The standard InChI is InChI=1S/C14H25IN4O4S/c1-4-8(2)13(14(15)23)18-11(21)5-17-12(22)7-24-6-10(19-16)9(3)20/h8,10,13,19H,4-7,16H2,1-3H3,(H,17,22)(H,18,21)/t8-,10-,13-/m0/s1. The summed E-state index contributed by atoms with van der Waals surface area (Å²) in [5.41, 5.74) is 2.37. The fourth-order valence-corrected chi connectivity index (χ4v) is 3.41. The number of carbonyl (C=O) groups is 4. The Morgan fingerprint density at radius 1 is 1.21 bits per heavy atom. The van der Waals surface area contributed by atoms with Gasteiger partial charge >= 0.3 is 0 Å². The molecule has 0 saturated heterocycles. The zero-order chi connectivity index (χ0) is 18.7. The van der Waals surface area contributed by atoms with Gasteiger partial charge in [0, 0.05) is 28.3 Å². The topological polar surface area (TPSA) is 130 Å². The van der Waals surface area contributed by atoms with Gasteiger partial charge in [-0.3, -0.25) is 25.0 Å². The Bertz CT molecular complexity index is 464. The lowest BCUT2D eigenvalue weighted by Gasteiger charge is -2.20. The summed E-state index contributed by atoms with van der Waals surface area (Å²) in [7, 11) is 0. The highest BCUT2D eigenvalue weighted by Gasteiger charge is 2.23. The molecule has 0 rings (SSSR count). The van der Waals surface area contributed by atoms with Gasteiger partial charge in [0.25, 0.3) is 0 Å². The lowest BCUT2D eigenvalue weighted by atomic mass is 10.0. The molecule has 8 nitrogen and oxygen atoms in total. The van der Waals surface area contributed by atoms with Crippen LogP contribution in [-0.2, 0) is 19.2 Å². The monoisotopic (exact) mass is 472 g/mol. The number of nitrogens with two attached hydrogens (primary N) is 1. The molecule has 0 aliphatic rings. The van der Waals surface area contributed by atoms with Crippen molar-refractivity contribution in [3.05, 3.63) is 0 Å². The van der Waals surface area contributed by atoms with Gasteiger partial charge in [-0.2, -0.15) is 0 Å². The Morgan fingerprint density at radius 2 is 1.83 bits per heavy atom. The van der Waals surface area contributed by atoms with Crippen molar-refractivity contribution in [1.82, 2.24) is 16.1 Å². The Morgan fingerprint density at radius 3 is 2.29 bits per heavy atom. The van der Waals surface area contributed by atoms with Crippen LogP contribution in [0.25, 0.3) is 0 Å². The molecule has 0 saturated carbocycles. The molecule has 138 valence electrons. The number of carbonyl (C=O) groups excluding carboxylic acids is 4. The molecule has 0 aromatic rings. The molecule has 0 radical (unpaired) electrons. The number of hydrogen-bond donors (Lipinski definition) is 4. The third-order valence-corrected chi connectivity index (χ3v) is 5.14. The van der Waals surface area contributed by atoms with Crippen LogP contribution in [0.4, 0.5) is 0 Å². The quantitative estimate of drug-likeness (QED) is 0.133. The van der Waals surface area contributed by atoms with E-state index in [9.17, 15) is 19.2 Å². The van der Waals surface area contributed by atoms with Crippen molar-refractivity contribution in [3.63, 3.8) is 0 Å². The summed E-state index contributed by atoms with van der Waals surface area (Å²) in [5, 5.41) is 5.11. The van der Waals surface area contributed by atoms with Gasteiger partial charge < -0.3 is 10.6 Å². The fraction of sp³-hybridized carbons (Fsp3) is 0.714. The molecule has 10 heteroatoms. The van der Waals surface area contributed by atoms with E-state index < -0.39 is 18.0 Å². The molecule has 0 fully saturated rings. The minimum absolute atomic E-state index is 0.0249. The fourth-order valence-electron chi connectivity index (χ4n) is 1.67. The highest BCUT2D eigenvalue weighted by Crippen LogP contribution is 2.11. The number of halogens is 1. The van der Waals surface area contributed by atoms with Gasteiger partial charge in [0.2, 0.25) is 15.6 Å². The Hall–Kier alpha value is -0.720. The third-order valence-electron chi connectivity index (χ3n) is 3.43. The molecule has 0 aromatic heterocycles. The van der Waals surface area contributed by atoms with Gasteiger partial charge in [-0.1, -0.05) is 20.3 Å². The van der Waals surface area contributed by atoms with Crippen LogP contribution in [0.5, 0.6) is 0 Å². The average molecular weight is 472 g/mol. The lowest BCUT2D eigenvalue weighted by Crippen LogP contribution is -2.47. The summed E-state index contributed by atoms with van der Waals surface area (Å²) >= 11 is 2.90. The zero-order valence-electron chi connectivity index (χ0n) is 14.1. The number of Topliss-reactive ketones (excluding diaryl/α,β-unsaturated/α-hetero) is 1. The van der Waals surface area contributed by atoms with Gasteiger partial charge in [0.05, 0.1) is 18.3 Å². The van der Waals surface area contributed by atoms with Crippen LogP contribution in [0.2, 0.25) is 0 Å². The third kappa shape index (κ3) is 9.55. The summed E-state index contributed by atoms with van der Waals surface area (Å²) in [6.45, 7) is 5.04. The Labute approximate surface area is 159 Å². The largest absolute Gasteiger partial charge is 0.346 e. The minimum atomic E-state index is -0.554. The highest BCUT2D eigenvalue weighted by molar-refractivity contribution is 14.1. The summed E-state index contributed by atoms with van der Waals surface area (Å²) in [4.78, 5) is 46.2. The van der Waals surface area contributed by atoms with Crippen molar-refractivity contribution in [2.24, 2.45) is 11.8 Å². The maximum Gasteiger partial charge on any atom is 0.240 e. The van der Waals surface area contributed by atoms with Crippen molar-refractivity contribution in [1.29, 1.82) is 0 Å². The maximum atomic E-state index is 11.8. The number of ketones is 1. The summed E-state index contributed by atoms with van der Waals surface area (Å²) in [6.07, 6.45) is 0.759. The predicted molar refractivity (Wildman–Crippen MR) is 103 cm³/mol. The van der Waals surface area contributed by atoms with Gasteiger partial charge in [-0.05, 0) is 12.8 Å². The molecule has 5 N–H and O–H groups in total. The smallest absolute Gasteiger partial charge is 0.240 e. The van der Waals surface area contributed by atoms with E-state index in [0.717, 1.165) is 6.42 Å². The Kier molecular flexibility index (Phi) is 12.2. The summed E-state index contributed by atoms with van der Waals surface area (Å²) < 4.78 is -0.137. The molecule has 0 aromatic carbocycles. The molecule has 0 aliphatic heterocycles. The van der Waals surface area contributed by atoms with Crippen LogP contribution in [-0.4, -0.2) is 51.5 Å². The van der Waals surface area contributed by atoms with E-state index in [4.69, 9.17) is 5.84 Å². The molecular weight excluding hydrogens is 447 g/mol. The van der Waals surface area contributed by atoms with Crippen LogP contribution in [0.3, 0.4) is 0 Å². The number of nitrogens with one attached hydrogen (secondary N) is 3. The van der Waals surface area contributed by atoms with Gasteiger partial charge in [-0.25, -0.2) is 5.43 Å². The van der Waals surface area contributed by atoms with Crippen LogP contribution in [0.15, 0.2) is 0 Å². The number of thioether (sulfide) groups is 1. The second kappa shape index (κ2) is 12.6. The summed E-state index contributed by atoms with van der Waals surface area (Å²) in [5.74, 6) is 4.89. The van der Waals surface area contributed by atoms with Crippen molar-refractivity contribution in [2.45, 2.75) is 39.3 Å². The number of amides is 2. The minimum Gasteiger partial charge on any atom is -0.346 e. The average Bonchev–Trinajstić information content (AvgIpc) is 2.53. The normalized spacial score (nSPS) is 14.4. The van der Waals surface area contributed by atoms with Gasteiger partial charge in [-0.15, -0.1) is 11.8 Å². The van der Waals surface area contributed by atoms with E-state index >= 15 is 0 Å². The van der Waals surface area contributed by atoms with Crippen LogP contribution >= 0.6 is 34.4 Å². The van der Waals surface area contributed by atoms with Gasteiger partial charge in [0.1, 0.15) is 11.8 Å². The van der Waals surface area contributed by atoms with Crippen LogP contribution in [0, 0.1) is 5.92 Å².